The van der Waals surface area contributed by atoms with Gasteiger partial charge in [-0.25, -0.2) is 0 Å². The Kier molecular flexibility index (Phi) is 5.21. The number of nitrogens with zero attached hydrogens (tertiary/aromatic N) is 2. The molecule has 1 N–H and O–H groups in total. The van der Waals surface area contributed by atoms with E-state index in [2.05, 4.69) is 10.3 Å². The summed E-state index contributed by atoms with van der Waals surface area (Å²) in [7, 11) is 0. The van der Waals surface area contributed by atoms with Gasteiger partial charge in [-0.15, -0.1) is 0 Å². The molecule has 2 heterocycles. The number of amides is 2. The van der Waals surface area contributed by atoms with Crippen molar-refractivity contribution >= 4 is 11.8 Å². The number of nitrogens with one attached hydrogen (secondary N) is 1. The fourth-order valence-corrected chi connectivity index (χ4v) is 2.91. The normalized spacial score (nSPS) is 17.1. The van der Waals surface area contributed by atoms with Gasteiger partial charge in [0.1, 0.15) is 0 Å². The van der Waals surface area contributed by atoms with Gasteiger partial charge in [0, 0.05) is 44.4 Å². The van der Waals surface area contributed by atoms with Gasteiger partial charge in [0.05, 0.1) is 5.92 Å². The fraction of sp³-hybridized carbons (Fsp3) is 0.316. The van der Waals surface area contributed by atoms with E-state index >= 15 is 0 Å². The number of carbonyl (C=O) groups excluding carboxylic acids is 2. The Morgan fingerprint density at radius 2 is 1.96 bits per heavy atom. The van der Waals surface area contributed by atoms with Crippen molar-refractivity contribution in [2.24, 2.45) is 5.92 Å². The molecule has 0 bridgehead atoms. The van der Waals surface area contributed by atoms with Crippen molar-refractivity contribution in [3.05, 3.63) is 66.0 Å². The molecule has 124 valence electrons. The van der Waals surface area contributed by atoms with Gasteiger partial charge in [0.15, 0.2) is 0 Å². The summed E-state index contributed by atoms with van der Waals surface area (Å²) in [5, 5.41) is 2.92. The molecule has 3 rings (SSSR count). The van der Waals surface area contributed by atoms with E-state index in [1.807, 2.05) is 48.5 Å². The van der Waals surface area contributed by atoms with Crippen molar-refractivity contribution in [2.45, 2.75) is 19.4 Å². The van der Waals surface area contributed by atoms with Gasteiger partial charge in [-0.3, -0.25) is 14.6 Å². The van der Waals surface area contributed by atoms with Gasteiger partial charge in [-0.1, -0.05) is 36.4 Å². The molecule has 1 aromatic carbocycles. The highest BCUT2D eigenvalue weighted by Crippen LogP contribution is 2.20. The highest BCUT2D eigenvalue weighted by Gasteiger charge is 2.33. The SMILES string of the molecule is O=C(NCCc1ccccn1)[C@H]1CC(=O)N(Cc2ccccc2)C1. The number of pyridine rings is 1. The van der Waals surface area contributed by atoms with Crippen molar-refractivity contribution in [2.75, 3.05) is 13.1 Å². The third kappa shape index (κ3) is 4.19. The number of likely N-dealkylation sites (tertiary alicyclic amines) is 1. The zero-order valence-corrected chi connectivity index (χ0v) is 13.5. The lowest BCUT2D eigenvalue weighted by Gasteiger charge is -2.16. The van der Waals surface area contributed by atoms with Crippen LogP contribution >= 0.6 is 0 Å². The predicted octanol–water partition coefficient (Wildman–Crippen LogP) is 1.79. The van der Waals surface area contributed by atoms with Crippen LogP contribution in [-0.4, -0.2) is 34.8 Å². The van der Waals surface area contributed by atoms with Crippen molar-refractivity contribution in [1.29, 1.82) is 0 Å². The highest BCUT2D eigenvalue weighted by atomic mass is 16.2. The van der Waals surface area contributed by atoms with Gasteiger partial charge in [0.2, 0.25) is 11.8 Å². The molecule has 24 heavy (non-hydrogen) atoms. The van der Waals surface area contributed by atoms with E-state index in [0.717, 1.165) is 11.3 Å². The minimum absolute atomic E-state index is 0.0451. The van der Waals surface area contributed by atoms with Gasteiger partial charge in [-0.2, -0.15) is 0 Å². The van der Waals surface area contributed by atoms with Crippen molar-refractivity contribution in [3.8, 4) is 0 Å². The smallest absolute Gasteiger partial charge is 0.225 e. The quantitative estimate of drug-likeness (QED) is 0.881. The first kappa shape index (κ1) is 16.2. The maximum Gasteiger partial charge on any atom is 0.225 e. The molecule has 0 radical (unpaired) electrons. The first-order chi connectivity index (χ1) is 11.7. The van der Waals surface area contributed by atoms with Crippen LogP contribution in [0.1, 0.15) is 17.7 Å². The van der Waals surface area contributed by atoms with Crippen LogP contribution < -0.4 is 5.32 Å². The molecular formula is C19H21N3O2. The average Bonchev–Trinajstić information content (AvgIpc) is 2.97. The average molecular weight is 323 g/mol. The summed E-state index contributed by atoms with van der Waals surface area (Å²) in [5.74, 6) is -0.261. The number of carbonyl (C=O) groups is 2. The molecule has 1 aliphatic heterocycles. The molecule has 0 saturated carbocycles. The maximum atomic E-state index is 12.3. The molecule has 2 aromatic rings. The Bertz CT molecular complexity index is 688. The number of hydrogen-bond acceptors (Lipinski definition) is 3. The summed E-state index contributed by atoms with van der Waals surface area (Å²) in [6, 6.07) is 15.6. The Morgan fingerprint density at radius 3 is 2.71 bits per heavy atom. The van der Waals surface area contributed by atoms with Gasteiger partial charge in [-0.05, 0) is 17.7 Å². The summed E-state index contributed by atoms with van der Waals surface area (Å²) in [6.45, 7) is 1.60. The van der Waals surface area contributed by atoms with Gasteiger partial charge < -0.3 is 10.2 Å². The van der Waals surface area contributed by atoms with Crippen molar-refractivity contribution < 1.29 is 9.59 Å². The summed E-state index contributed by atoms with van der Waals surface area (Å²) in [6.07, 6.45) is 2.73. The van der Waals surface area contributed by atoms with Crippen LogP contribution in [0, 0.1) is 5.92 Å². The van der Waals surface area contributed by atoms with Crippen LogP contribution in [-0.2, 0) is 22.6 Å². The molecule has 5 nitrogen and oxygen atoms in total. The Hall–Kier alpha value is -2.69. The van der Waals surface area contributed by atoms with Gasteiger partial charge in [0.25, 0.3) is 0 Å². The second kappa shape index (κ2) is 7.73. The van der Waals surface area contributed by atoms with Crippen LogP contribution in [0.25, 0.3) is 0 Å². The van der Waals surface area contributed by atoms with Crippen LogP contribution in [0.4, 0.5) is 0 Å². The molecule has 0 aliphatic carbocycles. The fourth-order valence-electron chi connectivity index (χ4n) is 2.91. The second-order valence-electron chi connectivity index (χ2n) is 6.02. The van der Waals surface area contributed by atoms with E-state index in [1.54, 1.807) is 11.1 Å². The van der Waals surface area contributed by atoms with E-state index in [0.29, 0.717) is 32.5 Å². The lowest BCUT2D eigenvalue weighted by atomic mass is 10.1. The second-order valence-corrected chi connectivity index (χ2v) is 6.02. The summed E-state index contributed by atoms with van der Waals surface area (Å²) < 4.78 is 0. The Morgan fingerprint density at radius 1 is 1.17 bits per heavy atom. The molecule has 1 atom stereocenters. The van der Waals surface area contributed by atoms with Crippen molar-refractivity contribution in [1.82, 2.24) is 15.2 Å². The van der Waals surface area contributed by atoms with E-state index < -0.39 is 0 Å². The number of benzene rings is 1. The topological polar surface area (TPSA) is 62.3 Å². The molecule has 1 aliphatic rings. The number of hydrogen-bond donors (Lipinski definition) is 1. The first-order valence-electron chi connectivity index (χ1n) is 8.21. The van der Waals surface area contributed by atoms with E-state index in [1.165, 1.54) is 0 Å². The Balaban J connectivity index is 1.47. The van der Waals surface area contributed by atoms with Crippen LogP contribution in [0.5, 0.6) is 0 Å². The lowest BCUT2D eigenvalue weighted by Crippen LogP contribution is -2.34. The zero-order valence-electron chi connectivity index (χ0n) is 13.5. The molecule has 2 amide bonds. The number of aromatic nitrogens is 1. The molecular weight excluding hydrogens is 302 g/mol. The van der Waals surface area contributed by atoms with Crippen LogP contribution in [0.2, 0.25) is 0 Å². The summed E-state index contributed by atoms with van der Waals surface area (Å²) in [5.41, 5.74) is 2.04. The monoisotopic (exact) mass is 323 g/mol. The van der Waals surface area contributed by atoms with Crippen molar-refractivity contribution in [3.63, 3.8) is 0 Å². The van der Waals surface area contributed by atoms with E-state index in [4.69, 9.17) is 0 Å². The minimum atomic E-state index is -0.259. The van der Waals surface area contributed by atoms with E-state index in [9.17, 15) is 9.59 Å². The largest absolute Gasteiger partial charge is 0.355 e. The third-order valence-corrected chi connectivity index (χ3v) is 4.21. The van der Waals surface area contributed by atoms with E-state index in [-0.39, 0.29) is 17.7 Å². The molecule has 1 aromatic heterocycles. The molecule has 1 saturated heterocycles. The predicted molar refractivity (Wildman–Crippen MR) is 90.9 cm³/mol. The van der Waals surface area contributed by atoms with Gasteiger partial charge >= 0.3 is 0 Å². The molecule has 5 heteroatoms. The molecule has 1 fully saturated rings. The lowest BCUT2D eigenvalue weighted by molar-refractivity contribution is -0.129. The standard InChI is InChI=1S/C19H21N3O2/c23-18-12-16(14-22(18)13-15-6-2-1-3-7-15)19(24)21-11-9-17-8-4-5-10-20-17/h1-8,10,16H,9,11-14H2,(H,21,24)/t16-/m0/s1. The maximum absolute atomic E-state index is 12.3. The summed E-state index contributed by atoms with van der Waals surface area (Å²) >= 11 is 0. The molecule has 0 spiro atoms. The minimum Gasteiger partial charge on any atom is -0.355 e. The number of rotatable bonds is 6. The molecule has 0 unspecified atom stereocenters. The highest BCUT2D eigenvalue weighted by molar-refractivity contribution is 5.89. The zero-order chi connectivity index (χ0) is 16.8. The third-order valence-electron chi connectivity index (χ3n) is 4.21. The Labute approximate surface area is 141 Å². The van der Waals surface area contributed by atoms with Crippen LogP contribution in [0.15, 0.2) is 54.7 Å². The van der Waals surface area contributed by atoms with Crippen LogP contribution in [0.3, 0.4) is 0 Å². The first-order valence-corrected chi connectivity index (χ1v) is 8.21. The summed E-state index contributed by atoms with van der Waals surface area (Å²) in [4.78, 5) is 30.4.